The predicted octanol–water partition coefficient (Wildman–Crippen LogP) is 2.75. The van der Waals surface area contributed by atoms with Crippen LogP contribution >= 0.6 is 15.9 Å². The molecule has 1 unspecified atom stereocenters. The molecule has 0 saturated carbocycles. The predicted molar refractivity (Wildman–Crippen MR) is 57.8 cm³/mol. The molecule has 0 aromatic heterocycles. The topological polar surface area (TPSA) is 3.24 Å². The van der Waals surface area contributed by atoms with Crippen molar-refractivity contribution >= 4 is 15.9 Å². The lowest BCUT2D eigenvalue weighted by atomic mass is 9.95. The lowest BCUT2D eigenvalue weighted by molar-refractivity contribution is 0.305. The molecule has 0 aliphatic carbocycles. The summed E-state index contributed by atoms with van der Waals surface area (Å²) in [6, 6.07) is 0. The summed E-state index contributed by atoms with van der Waals surface area (Å²) in [5.74, 6) is 1.83. The molecule has 0 spiro atoms. The standard InChI is InChI=1S/C10H20BrN/c1-9(2)10-4-7-12(8-10)6-3-5-11/h9-10H,3-8H2,1-2H3. The summed E-state index contributed by atoms with van der Waals surface area (Å²) in [6.07, 6.45) is 2.71. The zero-order valence-corrected chi connectivity index (χ0v) is 9.81. The van der Waals surface area contributed by atoms with Gasteiger partial charge in [-0.2, -0.15) is 0 Å². The summed E-state index contributed by atoms with van der Waals surface area (Å²) in [5.41, 5.74) is 0. The molecule has 0 N–H and O–H groups in total. The van der Waals surface area contributed by atoms with E-state index in [1.807, 2.05) is 0 Å². The Bertz CT molecular complexity index is 125. The Morgan fingerprint density at radius 3 is 2.75 bits per heavy atom. The average molecular weight is 234 g/mol. The first-order chi connectivity index (χ1) is 5.74. The van der Waals surface area contributed by atoms with Crippen LogP contribution < -0.4 is 0 Å². The first kappa shape index (κ1) is 10.5. The highest BCUT2D eigenvalue weighted by atomic mass is 79.9. The van der Waals surface area contributed by atoms with Crippen molar-refractivity contribution in [1.82, 2.24) is 4.90 Å². The van der Waals surface area contributed by atoms with Crippen molar-refractivity contribution in [3.05, 3.63) is 0 Å². The molecule has 72 valence electrons. The van der Waals surface area contributed by atoms with Gasteiger partial charge in [0.05, 0.1) is 0 Å². The summed E-state index contributed by atoms with van der Waals surface area (Å²) in [5, 5.41) is 1.15. The number of likely N-dealkylation sites (tertiary alicyclic amines) is 1. The quantitative estimate of drug-likeness (QED) is 0.676. The smallest absolute Gasteiger partial charge is 0.00434 e. The van der Waals surface area contributed by atoms with Crippen LogP contribution in [0.3, 0.4) is 0 Å². The Morgan fingerprint density at radius 1 is 1.50 bits per heavy atom. The van der Waals surface area contributed by atoms with Crippen LogP contribution in [-0.2, 0) is 0 Å². The Hall–Kier alpha value is 0.440. The fourth-order valence-electron chi connectivity index (χ4n) is 1.89. The molecule has 1 fully saturated rings. The highest BCUT2D eigenvalue weighted by Gasteiger charge is 2.23. The Kier molecular flexibility index (Phi) is 4.59. The van der Waals surface area contributed by atoms with Crippen molar-refractivity contribution in [3.8, 4) is 0 Å². The van der Waals surface area contributed by atoms with E-state index in [1.165, 1.54) is 32.5 Å². The van der Waals surface area contributed by atoms with Crippen LogP contribution in [0.5, 0.6) is 0 Å². The number of alkyl halides is 1. The van der Waals surface area contributed by atoms with Crippen LogP contribution in [0.15, 0.2) is 0 Å². The monoisotopic (exact) mass is 233 g/mol. The van der Waals surface area contributed by atoms with Gasteiger partial charge in [-0.3, -0.25) is 0 Å². The van der Waals surface area contributed by atoms with E-state index in [-0.39, 0.29) is 0 Å². The maximum atomic E-state index is 3.47. The minimum atomic E-state index is 0.874. The van der Waals surface area contributed by atoms with E-state index in [9.17, 15) is 0 Å². The third-order valence-corrected chi connectivity index (χ3v) is 3.42. The second kappa shape index (κ2) is 5.23. The zero-order valence-electron chi connectivity index (χ0n) is 8.22. The van der Waals surface area contributed by atoms with Crippen LogP contribution in [0.4, 0.5) is 0 Å². The number of hydrogen-bond donors (Lipinski definition) is 0. The van der Waals surface area contributed by atoms with Crippen LogP contribution in [0, 0.1) is 11.8 Å². The first-order valence-corrected chi connectivity index (χ1v) is 6.14. The molecule has 0 amide bonds. The van der Waals surface area contributed by atoms with Gasteiger partial charge in [-0.1, -0.05) is 29.8 Å². The molecule has 0 radical (unpaired) electrons. The summed E-state index contributed by atoms with van der Waals surface area (Å²) < 4.78 is 0. The lowest BCUT2D eigenvalue weighted by Crippen LogP contribution is -2.23. The SMILES string of the molecule is CC(C)C1CCN(CCCBr)C1. The maximum absolute atomic E-state index is 3.47. The van der Waals surface area contributed by atoms with Crippen LogP contribution in [0.2, 0.25) is 0 Å². The number of nitrogens with zero attached hydrogens (tertiary/aromatic N) is 1. The Labute approximate surface area is 84.6 Å². The molecule has 0 bridgehead atoms. The number of rotatable bonds is 4. The van der Waals surface area contributed by atoms with Crippen molar-refractivity contribution in [1.29, 1.82) is 0 Å². The summed E-state index contributed by atoms with van der Waals surface area (Å²) in [4.78, 5) is 2.60. The molecule has 1 rings (SSSR count). The molecule has 1 heterocycles. The van der Waals surface area contributed by atoms with Crippen LogP contribution in [0.1, 0.15) is 26.7 Å². The Balaban J connectivity index is 2.17. The molecule has 1 nitrogen and oxygen atoms in total. The van der Waals surface area contributed by atoms with E-state index in [0.717, 1.165) is 17.2 Å². The van der Waals surface area contributed by atoms with Gasteiger partial charge < -0.3 is 4.90 Å². The molecule has 0 aromatic rings. The highest BCUT2D eigenvalue weighted by Crippen LogP contribution is 2.23. The van der Waals surface area contributed by atoms with Crippen molar-refractivity contribution < 1.29 is 0 Å². The van der Waals surface area contributed by atoms with Gasteiger partial charge in [-0.25, -0.2) is 0 Å². The third kappa shape index (κ3) is 3.06. The fraction of sp³-hybridized carbons (Fsp3) is 1.00. The fourth-order valence-corrected chi connectivity index (χ4v) is 2.14. The summed E-state index contributed by atoms with van der Waals surface area (Å²) >= 11 is 3.47. The van der Waals surface area contributed by atoms with Gasteiger partial charge in [0.25, 0.3) is 0 Å². The maximum Gasteiger partial charge on any atom is 0.00434 e. The van der Waals surface area contributed by atoms with Gasteiger partial charge in [0, 0.05) is 11.9 Å². The number of halogens is 1. The minimum Gasteiger partial charge on any atom is -0.303 e. The minimum absolute atomic E-state index is 0.874. The number of hydrogen-bond acceptors (Lipinski definition) is 1. The van der Waals surface area contributed by atoms with E-state index in [2.05, 4.69) is 34.7 Å². The normalized spacial score (nSPS) is 25.5. The molecule has 12 heavy (non-hydrogen) atoms. The lowest BCUT2D eigenvalue weighted by Gasteiger charge is -2.16. The van der Waals surface area contributed by atoms with E-state index in [1.54, 1.807) is 0 Å². The van der Waals surface area contributed by atoms with Crippen LogP contribution in [-0.4, -0.2) is 29.9 Å². The van der Waals surface area contributed by atoms with E-state index >= 15 is 0 Å². The average Bonchev–Trinajstić information content (AvgIpc) is 2.48. The van der Waals surface area contributed by atoms with Crippen LogP contribution in [0.25, 0.3) is 0 Å². The van der Waals surface area contributed by atoms with Crippen molar-refractivity contribution in [2.45, 2.75) is 26.7 Å². The molecule has 1 aliphatic heterocycles. The van der Waals surface area contributed by atoms with E-state index in [4.69, 9.17) is 0 Å². The summed E-state index contributed by atoms with van der Waals surface area (Å²) in [6.45, 7) is 8.65. The highest BCUT2D eigenvalue weighted by molar-refractivity contribution is 9.09. The van der Waals surface area contributed by atoms with Crippen molar-refractivity contribution in [3.63, 3.8) is 0 Å². The second-order valence-corrected chi connectivity index (χ2v) is 4.93. The molecule has 1 saturated heterocycles. The molecular formula is C10H20BrN. The largest absolute Gasteiger partial charge is 0.303 e. The molecule has 1 aliphatic rings. The summed E-state index contributed by atoms with van der Waals surface area (Å²) in [7, 11) is 0. The van der Waals surface area contributed by atoms with Gasteiger partial charge >= 0.3 is 0 Å². The zero-order chi connectivity index (χ0) is 8.97. The molecule has 1 atom stereocenters. The van der Waals surface area contributed by atoms with Crippen molar-refractivity contribution in [2.75, 3.05) is 25.0 Å². The van der Waals surface area contributed by atoms with E-state index < -0.39 is 0 Å². The van der Waals surface area contributed by atoms with Gasteiger partial charge in [0.2, 0.25) is 0 Å². The Morgan fingerprint density at radius 2 is 2.25 bits per heavy atom. The van der Waals surface area contributed by atoms with Gasteiger partial charge in [0.15, 0.2) is 0 Å². The third-order valence-electron chi connectivity index (χ3n) is 2.86. The first-order valence-electron chi connectivity index (χ1n) is 5.02. The van der Waals surface area contributed by atoms with Crippen molar-refractivity contribution in [2.24, 2.45) is 11.8 Å². The van der Waals surface area contributed by atoms with Gasteiger partial charge in [-0.05, 0) is 37.8 Å². The van der Waals surface area contributed by atoms with Gasteiger partial charge in [-0.15, -0.1) is 0 Å². The van der Waals surface area contributed by atoms with Gasteiger partial charge in [0.1, 0.15) is 0 Å². The van der Waals surface area contributed by atoms with E-state index in [0.29, 0.717) is 0 Å². The molecule has 2 heteroatoms. The second-order valence-electron chi connectivity index (χ2n) is 4.14. The molecular weight excluding hydrogens is 214 g/mol. The molecule has 0 aromatic carbocycles.